The molecule has 202 valence electrons. The number of likely N-dealkylation sites (tertiary alicyclic amines) is 1. The zero-order chi connectivity index (χ0) is 26.8. The standard InChI is InChI=1S/C26H29F6N3O2/c27-25(28,29)20-14-19(15-21(16-20)26(30,31)32)24(37)35-7-6-23(22(17-35)18-4-2-1-3-5-18)34-10-8-33(9-11-34)12-13-36/h1-5,14-16,22-23,36H,6-13,17H2. The molecule has 11 heteroatoms. The Morgan fingerprint density at radius 2 is 1.46 bits per heavy atom. The van der Waals surface area contributed by atoms with Crippen molar-refractivity contribution in [2.45, 2.75) is 30.7 Å². The number of carbonyl (C=O) groups excluding carboxylic acids is 1. The van der Waals surface area contributed by atoms with Gasteiger partial charge < -0.3 is 10.0 Å². The first kappa shape index (κ1) is 27.4. The molecule has 37 heavy (non-hydrogen) atoms. The fourth-order valence-electron chi connectivity index (χ4n) is 5.31. The minimum Gasteiger partial charge on any atom is -0.395 e. The number of aliphatic hydroxyl groups is 1. The van der Waals surface area contributed by atoms with Gasteiger partial charge in [0.05, 0.1) is 17.7 Å². The summed E-state index contributed by atoms with van der Waals surface area (Å²) in [7, 11) is 0. The van der Waals surface area contributed by atoms with E-state index in [0.717, 1.165) is 31.7 Å². The van der Waals surface area contributed by atoms with Gasteiger partial charge in [-0.05, 0) is 30.2 Å². The molecule has 2 saturated heterocycles. The lowest BCUT2D eigenvalue weighted by Gasteiger charge is -2.47. The van der Waals surface area contributed by atoms with Gasteiger partial charge in [-0.25, -0.2) is 0 Å². The van der Waals surface area contributed by atoms with Crippen LogP contribution in [0.5, 0.6) is 0 Å². The Bertz CT molecular complexity index is 1040. The topological polar surface area (TPSA) is 47.0 Å². The van der Waals surface area contributed by atoms with Gasteiger partial charge in [-0.2, -0.15) is 26.3 Å². The number of nitrogens with zero attached hydrogens (tertiary/aromatic N) is 3. The van der Waals surface area contributed by atoms with Crippen LogP contribution in [0.15, 0.2) is 48.5 Å². The lowest BCUT2D eigenvalue weighted by molar-refractivity contribution is -0.143. The minimum absolute atomic E-state index is 0.0340. The van der Waals surface area contributed by atoms with Gasteiger partial charge in [-0.1, -0.05) is 30.3 Å². The van der Waals surface area contributed by atoms with E-state index < -0.39 is 35.0 Å². The molecule has 2 unspecified atom stereocenters. The summed E-state index contributed by atoms with van der Waals surface area (Å²) in [5.41, 5.74) is -2.66. The first-order valence-corrected chi connectivity index (χ1v) is 12.2. The van der Waals surface area contributed by atoms with E-state index in [9.17, 15) is 36.2 Å². The molecule has 2 aromatic carbocycles. The third-order valence-corrected chi connectivity index (χ3v) is 7.22. The van der Waals surface area contributed by atoms with Crippen molar-refractivity contribution < 1.29 is 36.2 Å². The van der Waals surface area contributed by atoms with Crippen molar-refractivity contribution in [3.05, 3.63) is 70.8 Å². The number of aliphatic hydroxyl groups excluding tert-OH is 1. The summed E-state index contributed by atoms with van der Waals surface area (Å²) in [6.45, 7) is 4.19. The van der Waals surface area contributed by atoms with E-state index in [2.05, 4.69) is 9.80 Å². The monoisotopic (exact) mass is 529 g/mol. The molecular weight excluding hydrogens is 500 g/mol. The summed E-state index contributed by atoms with van der Waals surface area (Å²) in [6.07, 6.45) is -9.50. The molecule has 1 amide bonds. The molecule has 4 rings (SSSR count). The number of piperidine rings is 1. The van der Waals surface area contributed by atoms with Crippen LogP contribution in [0, 0.1) is 0 Å². The van der Waals surface area contributed by atoms with Crippen molar-refractivity contribution in [1.82, 2.24) is 14.7 Å². The number of piperazine rings is 1. The molecule has 2 aliphatic heterocycles. The number of hydrogen-bond donors (Lipinski definition) is 1. The summed E-state index contributed by atoms with van der Waals surface area (Å²) < 4.78 is 80.1. The molecule has 2 atom stereocenters. The van der Waals surface area contributed by atoms with Crippen molar-refractivity contribution in [2.24, 2.45) is 0 Å². The van der Waals surface area contributed by atoms with E-state index in [0.29, 0.717) is 25.1 Å². The highest BCUT2D eigenvalue weighted by Gasteiger charge is 2.40. The molecule has 0 saturated carbocycles. The molecule has 2 heterocycles. The molecule has 2 aliphatic rings. The van der Waals surface area contributed by atoms with Crippen LogP contribution < -0.4 is 0 Å². The van der Waals surface area contributed by atoms with Crippen LogP contribution in [0.4, 0.5) is 26.3 Å². The highest BCUT2D eigenvalue weighted by molar-refractivity contribution is 5.95. The maximum absolute atomic E-state index is 13.3. The number of rotatable bonds is 5. The number of halogens is 6. The second-order valence-corrected chi connectivity index (χ2v) is 9.52. The van der Waals surface area contributed by atoms with Crippen molar-refractivity contribution in [2.75, 3.05) is 52.4 Å². The van der Waals surface area contributed by atoms with Gasteiger partial charge in [0.25, 0.3) is 5.91 Å². The van der Waals surface area contributed by atoms with Crippen molar-refractivity contribution in [3.8, 4) is 0 Å². The largest absolute Gasteiger partial charge is 0.416 e. The van der Waals surface area contributed by atoms with Crippen molar-refractivity contribution >= 4 is 5.91 Å². The third-order valence-electron chi connectivity index (χ3n) is 7.22. The molecular formula is C26H29F6N3O2. The molecule has 0 radical (unpaired) electrons. The predicted octanol–water partition coefficient (Wildman–Crippen LogP) is 4.33. The van der Waals surface area contributed by atoms with Crippen LogP contribution in [-0.4, -0.2) is 84.2 Å². The zero-order valence-corrected chi connectivity index (χ0v) is 20.1. The summed E-state index contributed by atoms with van der Waals surface area (Å²) in [5, 5.41) is 9.20. The van der Waals surface area contributed by atoms with E-state index >= 15 is 0 Å². The first-order valence-electron chi connectivity index (χ1n) is 12.2. The minimum atomic E-state index is -5.02. The van der Waals surface area contributed by atoms with E-state index in [1.165, 1.54) is 4.90 Å². The molecule has 5 nitrogen and oxygen atoms in total. The van der Waals surface area contributed by atoms with E-state index in [-0.39, 0.29) is 37.7 Å². The van der Waals surface area contributed by atoms with Crippen LogP contribution in [0.2, 0.25) is 0 Å². The second kappa shape index (κ2) is 11.0. The Balaban J connectivity index is 1.59. The van der Waals surface area contributed by atoms with Crippen molar-refractivity contribution in [1.29, 1.82) is 0 Å². The summed E-state index contributed by atoms with van der Waals surface area (Å²) in [5.74, 6) is -1.00. The fourth-order valence-corrected chi connectivity index (χ4v) is 5.31. The van der Waals surface area contributed by atoms with Crippen LogP contribution >= 0.6 is 0 Å². The van der Waals surface area contributed by atoms with E-state index in [4.69, 9.17) is 0 Å². The van der Waals surface area contributed by atoms with Gasteiger partial charge in [0.15, 0.2) is 0 Å². The van der Waals surface area contributed by atoms with Gasteiger partial charge in [0.1, 0.15) is 0 Å². The van der Waals surface area contributed by atoms with Crippen LogP contribution in [0.1, 0.15) is 39.4 Å². The molecule has 0 bridgehead atoms. The smallest absolute Gasteiger partial charge is 0.395 e. The molecule has 0 aromatic heterocycles. The number of β-amino-alcohol motifs (C(OH)–C–C–N with tert-alkyl or cyclic N) is 1. The summed E-state index contributed by atoms with van der Waals surface area (Å²) in [4.78, 5) is 19.1. The summed E-state index contributed by atoms with van der Waals surface area (Å²) in [6, 6.07) is 10.6. The molecule has 0 spiro atoms. The lowest BCUT2D eigenvalue weighted by atomic mass is 9.84. The lowest BCUT2D eigenvalue weighted by Crippen LogP contribution is -2.56. The summed E-state index contributed by atoms with van der Waals surface area (Å²) >= 11 is 0. The molecule has 2 aromatic rings. The Kier molecular flexibility index (Phi) is 8.15. The second-order valence-electron chi connectivity index (χ2n) is 9.52. The Hall–Kier alpha value is -2.63. The van der Waals surface area contributed by atoms with Crippen molar-refractivity contribution in [3.63, 3.8) is 0 Å². The number of benzene rings is 2. The number of alkyl halides is 6. The quantitative estimate of drug-likeness (QED) is 0.586. The fraction of sp³-hybridized carbons (Fsp3) is 0.500. The van der Waals surface area contributed by atoms with E-state index in [1.807, 2.05) is 30.3 Å². The number of hydrogen-bond acceptors (Lipinski definition) is 4. The van der Waals surface area contributed by atoms with Gasteiger partial charge in [-0.15, -0.1) is 0 Å². The Labute approximate surface area is 211 Å². The maximum atomic E-state index is 13.3. The first-order chi connectivity index (χ1) is 17.5. The SMILES string of the molecule is O=C(c1cc(C(F)(F)F)cc(C(F)(F)F)c1)N1CCC(N2CCN(CCO)CC2)C(c2ccccc2)C1. The Morgan fingerprint density at radius 1 is 0.865 bits per heavy atom. The number of carbonyl (C=O) groups is 1. The third kappa shape index (κ3) is 6.45. The van der Waals surface area contributed by atoms with Gasteiger partial charge >= 0.3 is 12.4 Å². The van der Waals surface area contributed by atoms with Crippen LogP contribution in [0.3, 0.4) is 0 Å². The highest BCUT2D eigenvalue weighted by atomic mass is 19.4. The van der Waals surface area contributed by atoms with Crippen LogP contribution in [-0.2, 0) is 12.4 Å². The van der Waals surface area contributed by atoms with Gasteiger partial charge in [0, 0.05) is 63.3 Å². The van der Waals surface area contributed by atoms with Gasteiger partial charge in [-0.3, -0.25) is 14.6 Å². The Morgan fingerprint density at radius 3 is 2.00 bits per heavy atom. The van der Waals surface area contributed by atoms with Crippen LogP contribution in [0.25, 0.3) is 0 Å². The average molecular weight is 530 g/mol. The molecule has 2 fully saturated rings. The molecule has 0 aliphatic carbocycles. The van der Waals surface area contributed by atoms with E-state index in [1.54, 1.807) is 0 Å². The molecule has 1 N–H and O–H groups in total. The van der Waals surface area contributed by atoms with Gasteiger partial charge in [0.2, 0.25) is 0 Å². The zero-order valence-electron chi connectivity index (χ0n) is 20.1. The highest BCUT2D eigenvalue weighted by Crippen LogP contribution is 2.37. The maximum Gasteiger partial charge on any atom is 0.416 e. The number of amides is 1. The average Bonchev–Trinajstić information content (AvgIpc) is 2.88. The normalized spacial score (nSPS) is 22.3. The predicted molar refractivity (Wildman–Crippen MR) is 125 cm³/mol.